The van der Waals surface area contributed by atoms with Gasteiger partial charge in [0, 0.05) is 23.7 Å². The summed E-state index contributed by atoms with van der Waals surface area (Å²) in [6.07, 6.45) is 2.94. The molecule has 3 heteroatoms. The number of nitrogens with one attached hydrogen (secondary N) is 1. The number of nitrogens with zero attached hydrogens (tertiary/aromatic N) is 1. The average Bonchev–Trinajstić information content (AvgIpc) is 2.42. The molecule has 3 N–H and O–H groups in total. The molecule has 2 unspecified atom stereocenters. The smallest absolute Gasteiger partial charge is 0.128 e. The standard InChI is InChI=1S/C17H21N3/c1-3-19-16(15-8-11(2)10-20-17(15)18)14-9-12-6-4-5-7-13(12)14/h4-8,10,14,16,19H,3,9H2,1-2H3,(H2,18,20). The third-order valence-electron chi connectivity index (χ3n) is 4.14. The Hall–Kier alpha value is -1.87. The topological polar surface area (TPSA) is 50.9 Å². The number of pyridine rings is 1. The molecule has 0 bridgehead atoms. The van der Waals surface area contributed by atoms with Crippen molar-refractivity contribution in [2.24, 2.45) is 0 Å². The van der Waals surface area contributed by atoms with Crippen molar-refractivity contribution in [2.75, 3.05) is 12.3 Å². The van der Waals surface area contributed by atoms with Crippen molar-refractivity contribution in [3.05, 3.63) is 58.8 Å². The molecule has 1 aliphatic rings. The number of hydrogen-bond acceptors (Lipinski definition) is 3. The minimum absolute atomic E-state index is 0.252. The molecule has 0 aliphatic heterocycles. The number of likely N-dealkylation sites (N-methyl/N-ethyl adjacent to an activating group) is 1. The number of benzene rings is 1. The lowest BCUT2D eigenvalue weighted by Gasteiger charge is -2.37. The first kappa shape index (κ1) is 13.1. The SMILES string of the molecule is CCNC(c1cc(C)cnc1N)C1Cc2ccccc21. The van der Waals surface area contributed by atoms with E-state index >= 15 is 0 Å². The van der Waals surface area contributed by atoms with E-state index in [1.54, 1.807) is 0 Å². The number of nitrogen functional groups attached to an aromatic ring is 1. The summed E-state index contributed by atoms with van der Waals surface area (Å²) in [5.41, 5.74) is 11.3. The molecule has 1 aromatic heterocycles. The van der Waals surface area contributed by atoms with Gasteiger partial charge in [0.25, 0.3) is 0 Å². The predicted octanol–water partition coefficient (Wildman–Crippen LogP) is 2.96. The molecule has 1 aliphatic carbocycles. The fraction of sp³-hybridized carbons (Fsp3) is 0.353. The van der Waals surface area contributed by atoms with E-state index in [9.17, 15) is 0 Å². The van der Waals surface area contributed by atoms with Crippen LogP contribution in [0.5, 0.6) is 0 Å². The Morgan fingerprint density at radius 2 is 2.20 bits per heavy atom. The molecule has 3 rings (SSSR count). The second kappa shape index (κ2) is 5.25. The van der Waals surface area contributed by atoms with Gasteiger partial charge in [-0.2, -0.15) is 0 Å². The summed E-state index contributed by atoms with van der Waals surface area (Å²) >= 11 is 0. The molecular formula is C17H21N3. The van der Waals surface area contributed by atoms with Crippen molar-refractivity contribution in [1.82, 2.24) is 10.3 Å². The van der Waals surface area contributed by atoms with E-state index in [4.69, 9.17) is 5.73 Å². The maximum atomic E-state index is 6.11. The first-order valence-corrected chi connectivity index (χ1v) is 7.24. The minimum Gasteiger partial charge on any atom is -0.383 e. The number of aryl methyl sites for hydroxylation is 1. The van der Waals surface area contributed by atoms with Crippen molar-refractivity contribution in [3.8, 4) is 0 Å². The lowest BCUT2D eigenvalue weighted by Crippen LogP contribution is -2.34. The van der Waals surface area contributed by atoms with Crippen LogP contribution < -0.4 is 11.1 Å². The zero-order valence-corrected chi connectivity index (χ0v) is 12.1. The molecule has 1 aromatic carbocycles. The third-order valence-corrected chi connectivity index (χ3v) is 4.14. The largest absolute Gasteiger partial charge is 0.383 e. The minimum atomic E-state index is 0.252. The number of nitrogens with two attached hydrogens (primary N) is 1. The summed E-state index contributed by atoms with van der Waals surface area (Å²) in [5.74, 6) is 1.14. The van der Waals surface area contributed by atoms with Gasteiger partial charge >= 0.3 is 0 Å². The fourth-order valence-corrected chi connectivity index (χ4v) is 3.14. The van der Waals surface area contributed by atoms with Gasteiger partial charge in [-0.15, -0.1) is 0 Å². The summed E-state index contributed by atoms with van der Waals surface area (Å²) < 4.78 is 0. The molecule has 104 valence electrons. The Labute approximate surface area is 120 Å². The van der Waals surface area contributed by atoms with Crippen LogP contribution in [0.25, 0.3) is 0 Å². The van der Waals surface area contributed by atoms with Crippen LogP contribution in [-0.2, 0) is 6.42 Å². The number of aromatic nitrogens is 1. The zero-order chi connectivity index (χ0) is 14.1. The molecule has 0 radical (unpaired) electrons. The average molecular weight is 267 g/mol. The Morgan fingerprint density at radius 1 is 1.40 bits per heavy atom. The van der Waals surface area contributed by atoms with E-state index in [0.29, 0.717) is 11.7 Å². The maximum absolute atomic E-state index is 6.11. The summed E-state index contributed by atoms with van der Waals surface area (Å²) in [6.45, 7) is 5.13. The van der Waals surface area contributed by atoms with E-state index in [1.165, 1.54) is 11.1 Å². The van der Waals surface area contributed by atoms with Gasteiger partial charge in [-0.1, -0.05) is 31.2 Å². The summed E-state index contributed by atoms with van der Waals surface area (Å²) in [4.78, 5) is 4.32. The van der Waals surface area contributed by atoms with Crippen LogP contribution in [0.3, 0.4) is 0 Å². The lowest BCUT2D eigenvalue weighted by molar-refractivity contribution is 0.420. The van der Waals surface area contributed by atoms with Crippen molar-refractivity contribution in [1.29, 1.82) is 0 Å². The molecule has 1 heterocycles. The highest BCUT2D eigenvalue weighted by Crippen LogP contribution is 2.44. The quantitative estimate of drug-likeness (QED) is 0.895. The molecule has 0 saturated heterocycles. The van der Waals surface area contributed by atoms with Crippen LogP contribution in [-0.4, -0.2) is 11.5 Å². The van der Waals surface area contributed by atoms with E-state index in [1.807, 2.05) is 6.20 Å². The summed E-state index contributed by atoms with van der Waals surface area (Å²) in [6, 6.07) is 11.1. The van der Waals surface area contributed by atoms with Gasteiger partial charge in [-0.3, -0.25) is 0 Å². The highest BCUT2D eigenvalue weighted by atomic mass is 14.9. The van der Waals surface area contributed by atoms with Gasteiger partial charge in [0.05, 0.1) is 0 Å². The molecule has 20 heavy (non-hydrogen) atoms. The Morgan fingerprint density at radius 3 is 2.95 bits per heavy atom. The van der Waals surface area contributed by atoms with Crippen LogP contribution in [0.15, 0.2) is 36.5 Å². The molecule has 0 amide bonds. The first-order chi connectivity index (χ1) is 9.70. The van der Waals surface area contributed by atoms with Gasteiger partial charge in [0.15, 0.2) is 0 Å². The Balaban J connectivity index is 1.97. The van der Waals surface area contributed by atoms with Crippen LogP contribution in [0.4, 0.5) is 5.82 Å². The fourth-order valence-electron chi connectivity index (χ4n) is 3.14. The number of rotatable bonds is 4. The highest BCUT2D eigenvalue weighted by molar-refractivity contribution is 5.49. The predicted molar refractivity (Wildman–Crippen MR) is 82.7 cm³/mol. The van der Waals surface area contributed by atoms with E-state index < -0.39 is 0 Å². The second-order valence-electron chi connectivity index (χ2n) is 5.53. The van der Waals surface area contributed by atoms with Crippen molar-refractivity contribution >= 4 is 5.82 Å². The summed E-state index contributed by atoms with van der Waals surface area (Å²) in [7, 11) is 0. The van der Waals surface area contributed by atoms with Crippen LogP contribution in [0.2, 0.25) is 0 Å². The van der Waals surface area contributed by atoms with Gasteiger partial charge < -0.3 is 11.1 Å². The van der Waals surface area contributed by atoms with Crippen molar-refractivity contribution in [2.45, 2.75) is 32.2 Å². The first-order valence-electron chi connectivity index (χ1n) is 7.24. The van der Waals surface area contributed by atoms with Gasteiger partial charge in [0.2, 0.25) is 0 Å². The second-order valence-corrected chi connectivity index (χ2v) is 5.53. The van der Waals surface area contributed by atoms with Crippen molar-refractivity contribution in [3.63, 3.8) is 0 Å². The van der Waals surface area contributed by atoms with Gasteiger partial charge in [0.1, 0.15) is 5.82 Å². The van der Waals surface area contributed by atoms with Gasteiger partial charge in [-0.25, -0.2) is 4.98 Å². The number of fused-ring (bicyclic) bond motifs is 1. The molecule has 0 spiro atoms. The van der Waals surface area contributed by atoms with Crippen LogP contribution in [0.1, 0.15) is 41.1 Å². The Kier molecular flexibility index (Phi) is 3.45. The maximum Gasteiger partial charge on any atom is 0.128 e. The number of hydrogen-bond donors (Lipinski definition) is 2. The lowest BCUT2D eigenvalue weighted by atomic mass is 9.71. The number of anilines is 1. The molecule has 3 nitrogen and oxygen atoms in total. The van der Waals surface area contributed by atoms with Crippen molar-refractivity contribution < 1.29 is 0 Å². The third kappa shape index (κ3) is 2.18. The molecule has 2 aromatic rings. The summed E-state index contributed by atoms with van der Waals surface area (Å²) in [5, 5.41) is 3.59. The van der Waals surface area contributed by atoms with E-state index in [-0.39, 0.29) is 6.04 Å². The molecule has 0 saturated carbocycles. The van der Waals surface area contributed by atoms with Crippen LogP contribution in [0, 0.1) is 6.92 Å². The van der Waals surface area contributed by atoms with Crippen LogP contribution >= 0.6 is 0 Å². The van der Waals surface area contributed by atoms with E-state index in [2.05, 4.69) is 54.5 Å². The normalized spacial score (nSPS) is 18.2. The molecule has 0 fully saturated rings. The van der Waals surface area contributed by atoms with Gasteiger partial charge in [-0.05, 0) is 42.6 Å². The molecule has 2 atom stereocenters. The molecular weight excluding hydrogens is 246 g/mol. The van der Waals surface area contributed by atoms with E-state index in [0.717, 1.165) is 24.1 Å². The Bertz CT molecular complexity index is 621. The monoisotopic (exact) mass is 267 g/mol. The highest BCUT2D eigenvalue weighted by Gasteiger charge is 2.34. The zero-order valence-electron chi connectivity index (χ0n) is 12.1.